The smallest absolute Gasteiger partial charge is 0.209 e. The van der Waals surface area contributed by atoms with Gasteiger partial charge in [0.1, 0.15) is 0 Å². The lowest BCUT2D eigenvalue weighted by Crippen LogP contribution is -2.02. The summed E-state index contributed by atoms with van der Waals surface area (Å²) >= 11 is 7.18. The van der Waals surface area contributed by atoms with Crippen LogP contribution in [0.2, 0.25) is 5.02 Å². The average Bonchev–Trinajstić information content (AvgIpc) is 2.73. The molecule has 0 aliphatic heterocycles. The minimum absolute atomic E-state index is 0.496. The number of rotatable bonds is 4. The van der Waals surface area contributed by atoms with E-state index < -0.39 is 6.10 Å². The van der Waals surface area contributed by atoms with Gasteiger partial charge in [-0.25, -0.2) is 4.68 Å². The van der Waals surface area contributed by atoms with Gasteiger partial charge in [0.15, 0.2) is 0 Å². The van der Waals surface area contributed by atoms with E-state index in [1.807, 2.05) is 12.1 Å². The molecular formula is C10H11ClN4OS. The van der Waals surface area contributed by atoms with Gasteiger partial charge in [0, 0.05) is 17.8 Å². The van der Waals surface area contributed by atoms with Gasteiger partial charge in [0.25, 0.3) is 0 Å². The van der Waals surface area contributed by atoms with E-state index in [-0.39, 0.29) is 0 Å². The molecule has 0 amide bonds. The molecule has 0 radical (unpaired) electrons. The predicted octanol–water partition coefficient (Wildman–Crippen LogP) is 1.69. The highest BCUT2D eigenvalue weighted by Gasteiger charge is 2.10. The molecule has 90 valence electrons. The number of hydrogen-bond donors (Lipinski definition) is 1. The molecular weight excluding hydrogens is 260 g/mol. The van der Waals surface area contributed by atoms with Gasteiger partial charge in [-0.1, -0.05) is 35.5 Å². The average molecular weight is 271 g/mol. The fourth-order valence-electron chi connectivity index (χ4n) is 1.28. The minimum atomic E-state index is -0.561. The van der Waals surface area contributed by atoms with Crippen LogP contribution in [-0.2, 0) is 7.05 Å². The van der Waals surface area contributed by atoms with E-state index >= 15 is 0 Å². The van der Waals surface area contributed by atoms with E-state index in [2.05, 4.69) is 15.5 Å². The number of tetrazole rings is 1. The van der Waals surface area contributed by atoms with Crippen molar-refractivity contribution < 1.29 is 5.11 Å². The summed E-state index contributed by atoms with van der Waals surface area (Å²) < 4.78 is 1.57. The van der Waals surface area contributed by atoms with Gasteiger partial charge in [-0.3, -0.25) is 0 Å². The summed E-state index contributed by atoms with van der Waals surface area (Å²) in [5.41, 5.74) is 0.831. The summed E-state index contributed by atoms with van der Waals surface area (Å²) in [4.78, 5) is 0. The van der Waals surface area contributed by atoms with Crippen molar-refractivity contribution in [1.82, 2.24) is 20.2 Å². The van der Waals surface area contributed by atoms with Crippen molar-refractivity contribution in [1.29, 1.82) is 0 Å². The lowest BCUT2D eigenvalue weighted by molar-refractivity contribution is 0.204. The molecule has 1 N–H and O–H groups in total. The van der Waals surface area contributed by atoms with Crippen molar-refractivity contribution in [3.63, 3.8) is 0 Å². The third-order valence-corrected chi connectivity index (χ3v) is 3.54. The van der Waals surface area contributed by atoms with E-state index in [1.165, 1.54) is 11.8 Å². The van der Waals surface area contributed by atoms with Gasteiger partial charge >= 0.3 is 0 Å². The largest absolute Gasteiger partial charge is 0.388 e. The van der Waals surface area contributed by atoms with Crippen LogP contribution < -0.4 is 0 Å². The summed E-state index contributed by atoms with van der Waals surface area (Å²) in [6.45, 7) is 0. The third-order valence-electron chi connectivity index (χ3n) is 2.21. The van der Waals surface area contributed by atoms with E-state index in [4.69, 9.17) is 11.6 Å². The fourth-order valence-corrected chi connectivity index (χ4v) is 2.22. The summed E-state index contributed by atoms with van der Waals surface area (Å²) in [7, 11) is 1.76. The zero-order valence-corrected chi connectivity index (χ0v) is 10.7. The Labute approximate surface area is 108 Å². The molecule has 0 saturated heterocycles. The number of aryl methyl sites for hydroxylation is 1. The second-order valence-corrected chi connectivity index (χ2v) is 4.89. The zero-order valence-electron chi connectivity index (χ0n) is 9.12. The number of aromatic nitrogens is 4. The standard InChI is InChI=1S/C10H11ClN4OS/c1-15-10(12-13-14-15)17-6-9(16)7-2-4-8(11)5-3-7/h2-5,9,16H,6H2,1H3. The van der Waals surface area contributed by atoms with Crippen molar-refractivity contribution >= 4 is 23.4 Å². The van der Waals surface area contributed by atoms with Crippen molar-refractivity contribution in [2.45, 2.75) is 11.3 Å². The van der Waals surface area contributed by atoms with Crippen LogP contribution in [0.4, 0.5) is 0 Å². The quantitative estimate of drug-likeness (QED) is 0.857. The topological polar surface area (TPSA) is 63.8 Å². The molecule has 5 nitrogen and oxygen atoms in total. The van der Waals surface area contributed by atoms with Gasteiger partial charge in [0.05, 0.1) is 6.10 Å². The molecule has 2 rings (SSSR count). The molecule has 1 heterocycles. The van der Waals surface area contributed by atoms with Crippen LogP contribution in [0, 0.1) is 0 Å². The number of halogens is 1. The normalized spacial score (nSPS) is 12.6. The first-order valence-electron chi connectivity index (χ1n) is 4.95. The van der Waals surface area contributed by atoms with Crippen LogP contribution in [0.3, 0.4) is 0 Å². The number of hydrogen-bond acceptors (Lipinski definition) is 5. The van der Waals surface area contributed by atoms with Gasteiger partial charge in [-0.2, -0.15) is 0 Å². The van der Waals surface area contributed by atoms with Crippen molar-refractivity contribution in [3.8, 4) is 0 Å². The molecule has 1 unspecified atom stereocenters. The Hall–Kier alpha value is -1.11. The lowest BCUT2D eigenvalue weighted by Gasteiger charge is -2.09. The van der Waals surface area contributed by atoms with Crippen LogP contribution in [0.25, 0.3) is 0 Å². The van der Waals surface area contributed by atoms with E-state index in [0.717, 1.165) is 5.56 Å². The van der Waals surface area contributed by atoms with Gasteiger partial charge in [0.2, 0.25) is 5.16 Å². The molecule has 0 saturated carbocycles. The Morgan fingerprint density at radius 3 is 2.71 bits per heavy atom. The maximum Gasteiger partial charge on any atom is 0.209 e. The monoisotopic (exact) mass is 270 g/mol. The third kappa shape index (κ3) is 3.18. The van der Waals surface area contributed by atoms with Crippen LogP contribution in [0.1, 0.15) is 11.7 Å². The van der Waals surface area contributed by atoms with Crippen molar-refractivity contribution in [3.05, 3.63) is 34.9 Å². The number of aliphatic hydroxyl groups excluding tert-OH is 1. The molecule has 17 heavy (non-hydrogen) atoms. The fraction of sp³-hybridized carbons (Fsp3) is 0.300. The Morgan fingerprint density at radius 1 is 1.41 bits per heavy atom. The number of thioether (sulfide) groups is 1. The van der Waals surface area contributed by atoms with Crippen LogP contribution in [0.5, 0.6) is 0 Å². The molecule has 2 aromatic rings. The van der Waals surface area contributed by atoms with Gasteiger partial charge in [-0.15, -0.1) is 5.10 Å². The second-order valence-electron chi connectivity index (χ2n) is 3.46. The van der Waals surface area contributed by atoms with Crippen molar-refractivity contribution in [2.24, 2.45) is 7.05 Å². The molecule has 0 aliphatic carbocycles. The van der Waals surface area contributed by atoms with Crippen LogP contribution in [0.15, 0.2) is 29.4 Å². The summed E-state index contributed by atoms with van der Waals surface area (Å²) in [6.07, 6.45) is -0.561. The first-order chi connectivity index (χ1) is 8.16. The zero-order chi connectivity index (χ0) is 12.3. The second kappa shape index (κ2) is 5.48. The number of benzene rings is 1. The number of nitrogens with zero attached hydrogens (tertiary/aromatic N) is 4. The van der Waals surface area contributed by atoms with Crippen LogP contribution >= 0.6 is 23.4 Å². The highest BCUT2D eigenvalue weighted by atomic mass is 35.5. The Bertz CT molecular complexity index is 487. The Morgan fingerprint density at radius 2 is 2.12 bits per heavy atom. The molecule has 0 bridgehead atoms. The SMILES string of the molecule is Cn1nnnc1SCC(O)c1ccc(Cl)cc1. The molecule has 1 aromatic carbocycles. The maximum absolute atomic E-state index is 9.96. The maximum atomic E-state index is 9.96. The number of aliphatic hydroxyl groups is 1. The van der Waals surface area contributed by atoms with E-state index in [1.54, 1.807) is 23.9 Å². The van der Waals surface area contributed by atoms with Gasteiger partial charge < -0.3 is 5.11 Å². The molecule has 0 spiro atoms. The highest BCUT2D eigenvalue weighted by molar-refractivity contribution is 7.99. The molecule has 1 aromatic heterocycles. The molecule has 7 heteroatoms. The highest BCUT2D eigenvalue weighted by Crippen LogP contribution is 2.23. The first-order valence-corrected chi connectivity index (χ1v) is 6.32. The van der Waals surface area contributed by atoms with Gasteiger partial charge in [-0.05, 0) is 28.1 Å². The van der Waals surface area contributed by atoms with Crippen LogP contribution in [-0.4, -0.2) is 31.1 Å². The molecule has 0 fully saturated rings. The summed E-state index contributed by atoms with van der Waals surface area (Å²) in [5, 5.41) is 22.4. The van der Waals surface area contributed by atoms with E-state index in [0.29, 0.717) is 15.9 Å². The summed E-state index contributed by atoms with van der Waals surface area (Å²) in [5.74, 6) is 0.496. The predicted molar refractivity (Wildman–Crippen MR) is 65.9 cm³/mol. The molecule has 0 aliphatic rings. The Balaban J connectivity index is 1.95. The Kier molecular flexibility index (Phi) is 3.98. The minimum Gasteiger partial charge on any atom is -0.388 e. The lowest BCUT2D eigenvalue weighted by atomic mass is 10.1. The first kappa shape index (κ1) is 12.3. The molecule has 1 atom stereocenters. The van der Waals surface area contributed by atoms with E-state index in [9.17, 15) is 5.11 Å². The summed E-state index contributed by atoms with van der Waals surface area (Å²) in [6, 6.07) is 7.13. The van der Waals surface area contributed by atoms with Crippen molar-refractivity contribution in [2.75, 3.05) is 5.75 Å².